The third-order valence-electron chi connectivity index (χ3n) is 3.63. The quantitative estimate of drug-likeness (QED) is 0.424. The summed E-state index contributed by atoms with van der Waals surface area (Å²) < 4.78 is 11.1. The monoisotopic (exact) mass is 252 g/mol. The van der Waals surface area contributed by atoms with E-state index in [4.69, 9.17) is 8.85 Å². The zero-order valence-electron chi connectivity index (χ0n) is 10.9. The summed E-state index contributed by atoms with van der Waals surface area (Å²) in [5, 5.41) is 0. The van der Waals surface area contributed by atoms with Crippen molar-refractivity contribution >= 4 is 14.6 Å². The van der Waals surface area contributed by atoms with Crippen molar-refractivity contribution in [1.29, 1.82) is 0 Å². The molecule has 2 aliphatic rings. The van der Waals surface area contributed by atoms with E-state index < -0.39 is 8.90 Å². The van der Waals surface area contributed by atoms with Crippen LogP contribution in [-0.2, 0) is 8.85 Å². The topological polar surface area (TPSA) is 18.5 Å². The Hall–Kier alpha value is -0.573. The van der Waals surface area contributed by atoms with Crippen LogP contribution in [0.15, 0.2) is 12.3 Å². The van der Waals surface area contributed by atoms with Gasteiger partial charge in [-0.25, -0.2) is 0 Å². The van der Waals surface area contributed by atoms with Gasteiger partial charge in [0, 0.05) is 0 Å². The summed E-state index contributed by atoms with van der Waals surface area (Å²) in [4.78, 5) is 0. The highest BCUT2D eigenvalue weighted by Gasteiger charge is 2.21. The molecule has 0 bridgehead atoms. The molecule has 2 rings (SSSR count). The van der Waals surface area contributed by atoms with Crippen molar-refractivity contribution in [3.8, 4) is 0 Å². The first-order chi connectivity index (χ1) is 8.38. The molecule has 96 valence electrons. The van der Waals surface area contributed by atoms with E-state index in [1.807, 2.05) is 6.26 Å². The summed E-state index contributed by atoms with van der Waals surface area (Å²) in [7, 11) is 0.615. The minimum atomic E-state index is -1.14. The van der Waals surface area contributed by atoms with E-state index >= 15 is 0 Å². The van der Waals surface area contributed by atoms with Crippen molar-refractivity contribution in [2.24, 2.45) is 11.8 Å². The first kappa shape index (κ1) is 12.9. The zero-order chi connectivity index (χ0) is 11.9. The fourth-order valence-electron chi connectivity index (χ4n) is 2.33. The molecule has 0 aliphatic heterocycles. The molecule has 0 N–H and O–H groups in total. The highest BCUT2D eigenvalue weighted by molar-refractivity contribution is 6.54. The van der Waals surface area contributed by atoms with E-state index in [9.17, 15) is 0 Å². The van der Waals surface area contributed by atoms with Crippen LogP contribution < -0.4 is 0 Å². The average molecular weight is 252 g/mol. The Kier molecular flexibility index (Phi) is 5.30. The van der Waals surface area contributed by atoms with Crippen LogP contribution in [0.1, 0.15) is 51.4 Å². The van der Waals surface area contributed by atoms with E-state index in [0.717, 1.165) is 11.8 Å². The van der Waals surface area contributed by atoms with Crippen molar-refractivity contribution in [1.82, 2.24) is 0 Å². The van der Waals surface area contributed by atoms with Gasteiger partial charge in [0.2, 0.25) is 0 Å². The Morgan fingerprint density at radius 1 is 0.941 bits per heavy atom. The van der Waals surface area contributed by atoms with Crippen molar-refractivity contribution in [3.63, 3.8) is 0 Å². The molecule has 3 heteroatoms. The molecular weight excluding hydrogens is 228 g/mol. The number of allylic oxidation sites excluding steroid dienone is 1. The summed E-state index contributed by atoms with van der Waals surface area (Å²) in [5.41, 5.74) is 2.28. The molecule has 0 spiro atoms. The first-order valence-electron chi connectivity index (χ1n) is 6.97. The van der Waals surface area contributed by atoms with Crippen LogP contribution in [0.3, 0.4) is 0 Å². The lowest BCUT2D eigenvalue weighted by atomic mass is 10.0. The molecule has 0 amide bonds. The predicted molar refractivity (Wildman–Crippen MR) is 73.0 cm³/mol. The molecule has 0 unspecified atom stereocenters. The molecule has 2 nitrogen and oxygen atoms in total. The van der Waals surface area contributed by atoms with Crippen LogP contribution >= 0.6 is 0 Å². The Morgan fingerprint density at radius 3 is 2.24 bits per heavy atom. The van der Waals surface area contributed by atoms with Crippen LogP contribution in [0, 0.1) is 11.8 Å². The standard InChI is InChI=1S/C14H24O2Si/c1-15-17(12-14-8-9-14)16-11-10-13-6-4-2-3-5-7-13/h10-14H,2-9H2,1H3. The molecule has 0 saturated heterocycles. The normalized spacial score (nSPS) is 23.7. The average Bonchev–Trinajstić information content (AvgIpc) is 3.14. The molecule has 0 heterocycles. The predicted octanol–water partition coefficient (Wildman–Crippen LogP) is 3.42. The second-order valence-electron chi connectivity index (χ2n) is 5.23. The van der Waals surface area contributed by atoms with Crippen LogP contribution in [0.4, 0.5) is 0 Å². The first-order valence-corrected chi connectivity index (χ1v) is 8.37. The molecular formula is C14H24O2Si. The van der Waals surface area contributed by atoms with Crippen LogP contribution in [-0.4, -0.2) is 21.7 Å². The maximum atomic E-state index is 5.73. The molecule has 0 aromatic rings. The molecule has 2 saturated carbocycles. The SMILES string of the molecule is CO[Si](=CC1CC1)OC=CC1CCCCCC1. The summed E-state index contributed by atoms with van der Waals surface area (Å²) in [5.74, 6) is 1.51. The second kappa shape index (κ2) is 6.99. The van der Waals surface area contributed by atoms with Gasteiger partial charge in [0.1, 0.15) is 0 Å². The van der Waals surface area contributed by atoms with Crippen LogP contribution in [0.2, 0.25) is 0 Å². The highest BCUT2D eigenvalue weighted by Crippen LogP contribution is 2.26. The molecule has 0 atom stereocenters. The summed E-state index contributed by atoms with van der Waals surface area (Å²) in [6, 6.07) is 0. The lowest BCUT2D eigenvalue weighted by Gasteiger charge is -2.08. The van der Waals surface area contributed by atoms with Gasteiger partial charge in [0.25, 0.3) is 0 Å². The number of rotatable bonds is 5. The smallest absolute Gasteiger partial charge is 0.480 e. The van der Waals surface area contributed by atoms with E-state index in [0.29, 0.717) is 0 Å². The van der Waals surface area contributed by atoms with E-state index in [-0.39, 0.29) is 0 Å². The Morgan fingerprint density at radius 2 is 1.65 bits per heavy atom. The van der Waals surface area contributed by atoms with Crippen LogP contribution in [0.5, 0.6) is 0 Å². The third kappa shape index (κ3) is 5.07. The molecule has 17 heavy (non-hydrogen) atoms. The summed E-state index contributed by atoms with van der Waals surface area (Å²) >= 11 is 0. The third-order valence-corrected chi connectivity index (χ3v) is 5.14. The highest BCUT2D eigenvalue weighted by atomic mass is 28.3. The van der Waals surface area contributed by atoms with Gasteiger partial charge >= 0.3 is 8.90 Å². The van der Waals surface area contributed by atoms with Gasteiger partial charge in [-0.1, -0.05) is 25.7 Å². The zero-order valence-corrected chi connectivity index (χ0v) is 11.9. The Labute approximate surface area is 106 Å². The van der Waals surface area contributed by atoms with Crippen LogP contribution in [0.25, 0.3) is 0 Å². The molecule has 0 aromatic carbocycles. The number of hydrogen-bond acceptors (Lipinski definition) is 2. The summed E-state index contributed by atoms with van der Waals surface area (Å²) in [6.07, 6.45) is 15.1. The van der Waals surface area contributed by atoms with Gasteiger partial charge in [0.05, 0.1) is 13.4 Å². The van der Waals surface area contributed by atoms with Crippen molar-refractivity contribution in [2.45, 2.75) is 51.4 Å². The van der Waals surface area contributed by atoms with Gasteiger partial charge in [0.15, 0.2) is 0 Å². The Bertz CT molecular complexity index is 274. The summed E-state index contributed by atoms with van der Waals surface area (Å²) in [6.45, 7) is 0. The Balaban J connectivity index is 1.74. The number of hydrogen-bond donors (Lipinski definition) is 0. The van der Waals surface area contributed by atoms with Crippen molar-refractivity contribution < 1.29 is 8.85 Å². The van der Waals surface area contributed by atoms with Crippen molar-refractivity contribution in [3.05, 3.63) is 12.3 Å². The van der Waals surface area contributed by atoms with Gasteiger partial charge in [-0.3, -0.25) is 0 Å². The maximum Gasteiger partial charge on any atom is 0.480 e. The largest absolute Gasteiger partial charge is 0.526 e. The lowest BCUT2D eigenvalue weighted by molar-refractivity contribution is 0.329. The fraction of sp³-hybridized carbons (Fsp3) is 0.786. The van der Waals surface area contributed by atoms with E-state index in [1.54, 1.807) is 7.11 Å². The lowest BCUT2D eigenvalue weighted by Crippen LogP contribution is -2.12. The maximum absolute atomic E-state index is 5.73. The molecule has 2 fully saturated rings. The second-order valence-corrected chi connectivity index (χ2v) is 6.84. The minimum Gasteiger partial charge on any atom is -0.526 e. The molecule has 0 radical (unpaired) electrons. The van der Waals surface area contributed by atoms with Gasteiger partial charge < -0.3 is 8.85 Å². The van der Waals surface area contributed by atoms with Gasteiger partial charge in [-0.15, -0.1) is 0 Å². The molecule has 0 aromatic heterocycles. The van der Waals surface area contributed by atoms with Gasteiger partial charge in [-0.05, 0) is 49.3 Å². The molecule has 2 aliphatic carbocycles. The van der Waals surface area contributed by atoms with E-state index in [1.165, 1.54) is 51.4 Å². The minimum absolute atomic E-state index is 0.735. The van der Waals surface area contributed by atoms with Gasteiger partial charge in [-0.2, -0.15) is 0 Å². The fourth-order valence-corrected chi connectivity index (χ4v) is 3.57. The van der Waals surface area contributed by atoms with Crippen molar-refractivity contribution in [2.75, 3.05) is 7.11 Å². The van der Waals surface area contributed by atoms with E-state index in [2.05, 4.69) is 11.7 Å².